The zero-order chi connectivity index (χ0) is 12.0. The molecule has 0 atom stereocenters. The summed E-state index contributed by atoms with van der Waals surface area (Å²) < 4.78 is 0. The maximum absolute atomic E-state index is 10.4. The lowest BCUT2D eigenvalue weighted by Gasteiger charge is -2.04. The summed E-state index contributed by atoms with van der Waals surface area (Å²) in [6.45, 7) is 0.840. The fraction of sp³-hybridized carbons (Fsp3) is 0.250. The number of nitrogens with one attached hydrogen (secondary N) is 1. The molecule has 3 N–H and O–H groups in total. The fourth-order valence-electron chi connectivity index (χ4n) is 1.32. The quantitative estimate of drug-likeness (QED) is 0.654. The summed E-state index contributed by atoms with van der Waals surface area (Å²) in [5.41, 5.74) is 1.58. The third-order valence-electron chi connectivity index (χ3n) is 2.16. The molecule has 0 saturated carbocycles. The predicted octanol–water partition coefficient (Wildman–Crippen LogP) is 1.25. The second kappa shape index (κ2) is 5.92. The van der Waals surface area contributed by atoms with E-state index in [1.807, 2.05) is 13.1 Å². The summed E-state index contributed by atoms with van der Waals surface area (Å²) >= 11 is 0. The van der Waals surface area contributed by atoms with Crippen LogP contribution in [0.4, 0.5) is 0 Å². The van der Waals surface area contributed by atoms with Crippen LogP contribution >= 0.6 is 0 Å². The molecule has 1 aromatic carbocycles. The van der Waals surface area contributed by atoms with Crippen molar-refractivity contribution in [3.63, 3.8) is 0 Å². The lowest BCUT2D eigenvalue weighted by Crippen LogP contribution is -2.10. The Bertz CT molecular complexity index is 399. The van der Waals surface area contributed by atoms with E-state index < -0.39 is 5.97 Å². The molecule has 1 rings (SSSR count). The molecule has 0 amide bonds. The summed E-state index contributed by atoms with van der Waals surface area (Å²) in [6.07, 6.45) is 3.24. The number of likely N-dealkylation sites (N-methyl/N-ethyl adjacent to an activating group) is 1. The Kier molecular flexibility index (Phi) is 4.54. The number of phenolic OH excluding ortho intramolecular Hbond substituents is 1. The number of hydrogen-bond acceptors (Lipinski definition) is 3. The maximum atomic E-state index is 10.4. The van der Waals surface area contributed by atoms with Crippen LogP contribution < -0.4 is 5.32 Å². The minimum absolute atomic E-state index is 0.0886. The molecule has 4 heteroatoms. The molecule has 0 unspecified atom stereocenters. The van der Waals surface area contributed by atoms with Crippen LogP contribution in [0.15, 0.2) is 24.3 Å². The van der Waals surface area contributed by atoms with Gasteiger partial charge >= 0.3 is 5.97 Å². The Morgan fingerprint density at radius 1 is 1.50 bits per heavy atom. The summed E-state index contributed by atoms with van der Waals surface area (Å²) in [7, 11) is 1.87. The van der Waals surface area contributed by atoms with Crippen molar-refractivity contribution < 1.29 is 15.0 Å². The van der Waals surface area contributed by atoms with Crippen LogP contribution in [0, 0.1) is 0 Å². The van der Waals surface area contributed by atoms with Crippen molar-refractivity contribution in [2.75, 3.05) is 13.6 Å². The molecule has 0 aliphatic rings. The highest BCUT2D eigenvalue weighted by molar-refractivity contribution is 5.85. The number of hydrogen-bond donors (Lipinski definition) is 3. The minimum Gasteiger partial charge on any atom is -0.507 e. The molecule has 0 saturated heterocycles. The van der Waals surface area contributed by atoms with Gasteiger partial charge in [0.15, 0.2) is 0 Å². The zero-order valence-electron chi connectivity index (χ0n) is 9.10. The molecule has 0 aliphatic heterocycles. The van der Waals surface area contributed by atoms with Crippen LogP contribution in [0.5, 0.6) is 5.75 Å². The van der Waals surface area contributed by atoms with Gasteiger partial charge in [-0.05, 0) is 43.8 Å². The maximum Gasteiger partial charge on any atom is 0.328 e. The van der Waals surface area contributed by atoms with Gasteiger partial charge in [0.1, 0.15) is 5.75 Å². The molecule has 16 heavy (non-hydrogen) atoms. The van der Waals surface area contributed by atoms with Crippen molar-refractivity contribution in [2.24, 2.45) is 0 Å². The molecule has 0 heterocycles. The highest BCUT2D eigenvalue weighted by Gasteiger charge is 2.00. The summed E-state index contributed by atoms with van der Waals surface area (Å²) in [5.74, 6) is -0.939. The third kappa shape index (κ3) is 3.74. The van der Waals surface area contributed by atoms with E-state index >= 15 is 0 Å². The number of carboxylic acids is 1. The van der Waals surface area contributed by atoms with Crippen molar-refractivity contribution in [1.82, 2.24) is 5.32 Å². The summed E-state index contributed by atoms with van der Waals surface area (Å²) in [4.78, 5) is 10.4. The van der Waals surface area contributed by atoms with Crippen molar-refractivity contribution >= 4 is 12.0 Å². The number of phenols is 1. The topological polar surface area (TPSA) is 69.6 Å². The van der Waals surface area contributed by atoms with Crippen LogP contribution in [0.3, 0.4) is 0 Å². The standard InChI is InChI=1S/C12H15NO3/c1-13-7-6-9-2-4-11(14)10(8-9)3-5-12(15)16/h2-5,8,13-14H,6-7H2,1H3,(H,15,16)/b5-3+. The van der Waals surface area contributed by atoms with Crippen molar-refractivity contribution in [2.45, 2.75) is 6.42 Å². The Morgan fingerprint density at radius 2 is 2.25 bits per heavy atom. The molecular weight excluding hydrogens is 206 g/mol. The number of carbonyl (C=O) groups is 1. The monoisotopic (exact) mass is 221 g/mol. The Labute approximate surface area is 94.2 Å². The Balaban J connectivity index is 2.85. The van der Waals surface area contributed by atoms with E-state index in [2.05, 4.69) is 5.32 Å². The Morgan fingerprint density at radius 3 is 2.88 bits per heavy atom. The van der Waals surface area contributed by atoms with E-state index in [0.717, 1.165) is 24.6 Å². The molecular formula is C12H15NO3. The van der Waals surface area contributed by atoms with Gasteiger partial charge in [-0.3, -0.25) is 0 Å². The van der Waals surface area contributed by atoms with Gasteiger partial charge in [0, 0.05) is 11.6 Å². The lowest BCUT2D eigenvalue weighted by molar-refractivity contribution is -0.131. The van der Waals surface area contributed by atoms with E-state index in [1.54, 1.807) is 12.1 Å². The number of carboxylic acid groups (broad SMARTS) is 1. The predicted molar refractivity (Wildman–Crippen MR) is 62.4 cm³/mol. The van der Waals surface area contributed by atoms with Crippen LogP contribution in [0.2, 0.25) is 0 Å². The minimum atomic E-state index is -1.03. The number of benzene rings is 1. The largest absolute Gasteiger partial charge is 0.507 e. The summed E-state index contributed by atoms with van der Waals surface area (Å²) in [5, 5.41) is 21.0. The number of aromatic hydroxyl groups is 1. The summed E-state index contributed by atoms with van der Waals surface area (Å²) in [6, 6.07) is 5.18. The third-order valence-corrected chi connectivity index (χ3v) is 2.16. The molecule has 4 nitrogen and oxygen atoms in total. The first kappa shape index (κ1) is 12.3. The molecule has 0 fully saturated rings. The average molecular weight is 221 g/mol. The average Bonchev–Trinajstić information content (AvgIpc) is 2.26. The van der Waals surface area contributed by atoms with Crippen molar-refractivity contribution in [3.8, 4) is 5.75 Å². The van der Waals surface area contributed by atoms with Gasteiger partial charge in [-0.25, -0.2) is 4.79 Å². The molecule has 0 aromatic heterocycles. The second-order valence-electron chi connectivity index (χ2n) is 3.42. The van der Waals surface area contributed by atoms with Crippen LogP contribution in [-0.2, 0) is 11.2 Å². The van der Waals surface area contributed by atoms with Gasteiger partial charge in [0.2, 0.25) is 0 Å². The van der Waals surface area contributed by atoms with Crippen LogP contribution in [0.25, 0.3) is 6.08 Å². The number of rotatable bonds is 5. The van der Waals surface area contributed by atoms with E-state index in [4.69, 9.17) is 5.11 Å². The van der Waals surface area contributed by atoms with Gasteiger partial charge in [-0.15, -0.1) is 0 Å². The molecule has 0 bridgehead atoms. The fourth-order valence-corrected chi connectivity index (χ4v) is 1.32. The molecule has 1 aromatic rings. The highest BCUT2D eigenvalue weighted by Crippen LogP contribution is 2.20. The molecule has 0 aliphatic carbocycles. The van der Waals surface area contributed by atoms with E-state index in [0.29, 0.717) is 5.56 Å². The van der Waals surface area contributed by atoms with E-state index in [1.165, 1.54) is 6.08 Å². The molecule has 0 radical (unpaired) electrons. The smallest absolute Gasteiger partial charge is 0.328 e. The van der Waals surface area contributed by atoms with Gasteiger partial charge in [0.05, 0.1) is 0 Å². The van der Waals surface area contributed by atoms with Crippen molar-refractivity contribution in [1.29, 1.82) is 0 Å². The first-order chi connectivity index (χ1) is 7.63. The second-order valence-corrected chi connectivity index (χ2v) is 3.42. The van der Waals surface area contributed by atoms with Gasteiger partial charge in [-0.2, -0.15) is 0 Å². The van der Waals surface area contributed by atoms with Gasteiger partial charge in [0.25, 0.3) is 0 Å². The molecule has 0 spiro atoms. The van der Waals surface area contributed by atoms with E-state index in [-0.39, 0.29) is 5.75 Å². The lowest BCUT2D eigenvalue weighted by atomic mass is 10.1. The van der Waals surface area contributed by atoms with Gasteiger partial charge in [-0.1, -0.05) is 6.07 Å². The SMILES string of the molecule is CNCCc1ccc(O)c(/C=C/C(=O)O)c1. The van der Waals surface area contributed by atoms with E-state index in [9.17, 15) is 9.90 Å². The van der Waals surface area contributed by atoms with Gasteiger partial charge < -0.3 is 15.5 Å². The normalized spacial score (nSPS) is 10.8. The zero-order valence-corrected chi connectivity index (χ0v) is 9.10. The molecule has 86 valence electrons. The first-order valence-corrected chi connectivity index (χ1v) is 5.01. The Hall–Kier alpha value is -1.81. The van der Waals surface area contributed by atoms with Crippen molar-refractivity contribution in [3.05, 3.63) is 35.4 Å². The number of aliphatic carboxylic acids is 1. The van der Waals surface area contributed by atoms with Crippen LogP contribution in [-0.4, -0.2) is 29.8 Å². The highest BCUT2D eigenvalue weighted by atomic mass is 16.4. The van der Waals surface area contributed by atoms with Crippen LogP contribution in [0.1, 0.15) is 11.1 Å². The first-order valence-electron chi connectivity index (χ1n) is 5.01.